The molecule has 1 rings (SSSR count). The number of aromatic nitrogens is 1. The van der Waals surface area contributed by atoms with Crippen LogP contribution in [0.4, 0.5) is 0 Å². The van der Waals surface area contributed by atoms with Crippen molar-refractivity contribution < 1.29 is 4.43 Å². The van der Waals surface area contributed by atoms with E-state index in [0.717, 1.165) is 4.88 Å². The second kappa shape index (κ2) is 4.00. The predicted molar refractivity (Wildman–Crippen MR) is 54.9 cm³/mol. The lowest BCUT2D eigenvalue weighted by Gasteiger charge is -2.20. The van der Waals surface area contributed by atoms with Crippen molar-refractivity contribution in [1.29, 1.82) is 5.26 Å². The highest BCUT2D eigenvalue weighted by molar-refractivity contribution is 7.05. The summed E-state index contributed by atoms with van der Waals surface area (Å²) in [5.74, 6) is 0. The molecule has 0 aliphatic heterocycles. The summed E-state index contributed by atoms with van der Waals surface area (Å²) < 4.78 is 9.63. The highest BCUT2D eigenvalue weighted by Gasteiger charge is 2.22. The van der Waals surface area contributed by atoms with E-state index in [1.165, 1.54) is 11.5 Å². The lowest BCUT2D eigenvalue weighted by molar-refractivity contribution is 0.259. The van der Waals surface area contributed by atoms with E-state index < -0.39 is 14.4 Å². The molecule has 13 heavy (non-hydrogen) atoms. The van der Waals surface area contributed by atoms with Crippen LogP contribution in [-0.2, 0) is 4.43 Å². The number of nitriles is 1. The second-order valence-electron chi connectivity index (χ2n) is 3.65. The van der Waals surface area contributed by atoms with E-state index in [-0.39, 0.29) is 0 Å². The molecule has 0 amide bonds. The van der Waals surface area contributed by atoms with Crippen molar-refractivity contribution in [1.82, 2.24) is 4.37 Å². The Morgan fingerprint density at radius 3 is 2.69 bits per heavy atom. The largest absolute Gasteiger partial charge is 0.398 e. The number of hydrogen-bond donors (Lipinski definition) is 0. The Bertz CT molecular complexity index is 299. The summed E-state index contributed by atoms with van der Waals surface area (Å²) in [4.78, 5) is 0.893. The van der Waals surface area contributed by atoms with Gasteiger partial charge in [0.2, 0.25) is 0 Å². The Kier molecular flexibility index (Phi) is 3.20. The maximum Gasteiger partial charge on any atom is 0.186 e. The molecule has 1 atom stereocenters. The maximum absolute atomic E-state index is 8.89. The standard InChI is InChI=1S/C8H12N2OSSi/c1-13(2,3)11-7(6-9)8-4-5-10-12-8/h4-5,7H,1-3H3. The minimum absolute atomic E-state index is 0.431. The lowest BCUT2D eigenvalue weighted by atomic mass is 10.3. The third-order valence-corrected chi connectivity index (χ3v) is 3.04. The number of rotatable bonds is 3. The Labute approximate surface area is 83.3 Å². The first-order valence-electron chi connectivity index (χ1n) is 4.01. The van der Waals surface area contributed by atoms with Gasteiger partial charge in [0.25, 0.3) is 0 Å². The third-order valence-electron chi connectivity index (χ3n) is 1.30. The van der Waals surface area contributed by atoms with E-state index in [9.17, 15) is 0 Å². The van der Waals surface area contributed by atoms with Crippen LogP contribution in [0.15, 0.2) is 12.3 Å². The van der Waals surface area contributed by atoms with Gasteiger partial charge in [0.15, 0.2) is 14.4 Å². The molecule has 0 aromatic carbocycles. The fraction of sp³-hybridized carbons (Fsp3) is 0.500. The average molecular weight is 212 g/mol. The van der Waals surface area contributed by atoms with E-state index in [1.54, 1.807) is 6.20 Å². The zero-order chi connectivity index (χ0) is 9.90. The molecule has 0 spiro atoms. The quantitative estimate of drug-likeness (QED) is 0.723. The van der Waals surface area contributed by atoms with Crippen LogP contribution in [0.25, 0.3) is 0 Å². The van der Waals surface area contributed by atoms with Crippen LogP contribution in [0.5, 0.6) is 0 Å². The van der Waals surface area contributed by atoms with E-state index >= 15 is 0 Å². The number of hydrogen-bond acceptors (Lipinski definition) is 4. The van der Waals surface area contributed by atoms with Gasteiger partial charge in [0, 0.05) is 6.20 Å². The van der Waals surface area contributed by atoms with Crippen molar-refractivity contribution in [3.8, 4) is 6.07 Å². The molecule has 1 aromatic heterocycles. The molecule has 1 aromatic rings. The summed E-state index contributed by atoms with van der Waals surface area (Å²) in [5.41, 5.74) is 0. The van der Waals surface area contributed by atoms with Gasteiger partial charge in [-0.25, -0.2) is 4.37 Å². The third kappa shape index (κ3) is 3.26. The Hall–Kier alpha value is -0.703. The molecule has 0 N–H and O–H groups in total. The van der Waals surface area contributed by atoms with E-state index in [1.807, 2.05) is 6.07 Å². The number of nitrogens with zero attached hydrogens (tertiary/aromatic N) is 2. The SMILES string of the molecule is C[Si](C)(C)OC(C#N)c1ccns1. The van der Waals surface area contributed by atoms with Gasteiger partial charge >= 0.3 is 0 Å². The maximum atomic E-state index is 8.89. The molecule has 1 unspecified atom stereocenters. The Morgan fingerprint density at radius 2 is 2.31 bits per heavy atom. The van der Waals surface area contributed by atoms with Crippen LogP contribution in [0.2, 0.25) is 19.6 Å². The van der Waals surface area contributed by atoms with Crippen LogP contribution in [0.1, 0.15) is 11.0 Å². The van der Waals surface area contributed by atoms with Crippen LogP contribution < -0.4 is 0 Å². The van der Waals surface area contributed by atoms with Crippen molar-refractivity contribution in [2.75, 3.05) is 0 Å². The van der Waals surface area contributed by atoms with Gasteiger partial charge in [-0.2, -0.15) is 5.26 Å². The molecule has 0 saturated heterocycles. The van der Waals surface area contributed by atoms with E-state index in [0.29, 0.717) is 0 Å². The summed E-state index contributed by atoms with van der Waals surface area (Å²) in [7, 11) is -1.64. The summed E-state index contributed by atoms with van der Waals surface area (Å²) in [6, 6.07) is 3.98. The van der Waals surface area contributed by atoms with Gasteiger partial charge in [0.05, 0.1) is 10.9 Å². The summed E-state index contributed by atoms with van der Waals surface area (Å²) >= 11 is 1.32. The summed E-state index contributed by atoms with van der Waals surface area (Å²) in [6.45, 7) is 6.20. The van der Waals surface area contributed by atoms with Crippen LogP contribution in [-0.4, -0.2) is 12.7 Å². The van der Waals surface area contributed by atoms with Gasteiger partial charge in [-0.05, 0) is 37.2 Å². The first-order valence-corrected chi connectivity index (χ1v) is 8.19. The molecule has 0 bridgehead atoms. The van der Waals surface area contributed by atoms with Crippen LogP contribution in [0, 0.1) is 11.3 Å². The summed E-state index contributed by atoms with van der Waals surface area (Å²) in [6.07, 6.45) is 1.26. The minimum atomic E-state index is -1.64. The molecule has 3 nitrogen and oxygen atoms in total. The molecule has 5 heteroatoms. The highest BCUT2D eigenvalue weighted by atomic mass is 32.1. The molecule has 70 valence electrons. The van der Waals surface area contributed by atoms with Gasteiger partial charge in [-0.1, -0.05) is 0 Å². The van der Waals surface area contributed by atoms with E-state index in [2.05, 4.69) is 30.1 Å². The molecule has 0 radical (unpaired) electrons. The van der Waals surface area contributed by atoms with Gasteiger partial charge < -0.3 is 4.43 Å². The predicted octanol–water partition coefficient (Wildman–Crippen LogP) is 2.56. The average Bonchev–Trinajstić information content (AvgIpc) is 2.50. The van der Waals surface area contributed by atoms with Crippen molar-refractivity contribution in [3.05, 3.63) is 17.1 Å². The summed E-state index contributed by atoms with van der Waals surface area (Å²) in [5, 5.41) is 8.89. The molecule has 1 heterocycles. The first-order chi connectivity index (χ1) is 6.03. The fourth-order valence-electron chi connectivity index (χ4n) is 0.862. The molecule has 0 fully saturated rings. The molecule has 0 aliphatic rings. The fourth-order valence-corrected chi connectivity index (χ4v) is 2.40. The zero-order valence-corrected chi connectivity index (χ0v) is 9.76. The van der Waals surface area contributed by atoms with Crippen molar-refractivity contribution in [2.24, 2.45) is 0 Å². The van der Waals surface area contributed by atoms with Gasteiger partial charge in [0.1, 0.15) is 0 Å². The second-order valence-corrected chi connectivity index (χ2v) is 8.98. The van der Waals surface area contributed by atoms with Gasteiger partial charge in [-0.3, -0.25) is 0 Å². The van der Waals surface area contributed by atoms with E-state index in [4.69, 9.17) is 9.69 Å². The Morgan fingerprint density at radius 1 is 1.62 bits per heavy atom. The molecular formula is C8H12N2OSSi. The smallest absolute Gasteiger partial charge is 0.186 e. The van der Waals surface area contributed by atoms with Crippen LogP contribution >= 0.6 is 11.5 Å². The van der Waals surface area contributed by atoms with Crippen molar-refractivity contribution in [2.45, 2.75) is 25.7 Å². The lowest BCUT2D eigenvalue weighted by Crippen LogP contribution is -2.27. The van der Waals surface area contributed by atoms with Crippen LogP contribution in [0.3, 0.4) is 0 Å². The minimum Gasteiger partial charge on any atom is -0.398 e. The monoisotopic (exact) mass is 212 g/mol. The highest BCUT2D eigenvalue weighted by Crippen LogP contribution is 2.23. The molecular weight excluding hydrogens is 200 g/mol. The zero-order valence-electron chi connectivity index (χ0n) is 7.94. The Balaban J connectivity index is 2.72. The van der Waals surface area contributed by atoms with Gasteiger partial charge in [-0.15, -0.1) is 0 Å². The molecule has 0 aliphatic carbocycles. The van der Waals surface area contributed by atoms with Crippen molar-refractivity contribution >= 4 is 19.8 Å². The topological polar surface area (TPSA) is 45.9 Å². The molecule has 0 saturated carbocycles. The first kappa shape index (κ1) is 10.4. The normalized spacial score (nSPS) is 13.7. The van der Waals surface area contributed by atoms with Crippen molar-refractivity contribution in [3.63, 3.8) is 0 Å².